The molecule has 0 spiro atoms. The van der Waals surface area contributed by atoms with Gasteiger partial charge in [0.1, 0.15) is 0 Å². The summed E-state index contributed by atoms with van der Waals surface area (Å²) in [5.41, 5.74) is 1.07. The molecule has 2 heterocycles. The van der Waals surface area contributed by atoms with Crippen LogP contribution in [0.1, 0.15) is 10.4 Å². The molecule has 0 aromatic carbocycles. The van der Waals surface area contributed by atoms with Crippen LogP contribution in [0.2, 0.25) is 0 Å². The van der Waals surface area contributed by atoms with E-state index in [2.05, 4.69) is 19.7 Å². The summed E-state index contributed by atoms with van der Waals surface area (Å²) in [6, 6.07) is 3.37. The van der Waals surface area contributed by atoms with Gasteiger partial charge in [-0.25, -0.2) is 14.8 Å². The summed E-state index contributed by atoms with van der Waals surface area (Å²) in [6.45, 7) is 0. The Morgan fingerprint density at radius 1 is 1.25 bits per heavy atom. The highest BCUT2D eigenvalue weighted by Gasteiger charge is 2.08. The molecular formula is C11H9N3O2. The Hall–Kier alpha value is -2.30. The predicted molar refractivity (Wildman–Crippen MR) is 56.6 cm³/mol. The second-order valence-corrected chi connectivity index (χ2v) is 3.03. The molecule has 0 unspecified atom stereocenters. The summed E-state index contributed by atoms with van der Waals surface area (Å²) < 4.78 is 4.61. The Labute approximate surface area is 92.2 Å². The van der Waals surface area contributed by atoms with Gasteiger partial charge in [-0.3, -0.25) is 4.98 Å². The molecule has 80 valence electrons. The quantitative estimate of drug-likeness (QED) is 0.707. The van der Waals surface area contributed by atoms with Gasteiger partial charge in [0, 0.05) is 30.4 Å². The molecule has 0 bridgehead atoms. The van der Waals surface area contributed by atoms with Crippen molar-refractivity contribution in [1.29, 1.82) is 0 Å². The summed E-state index contributed by atoms with van der Waals surface area (Å²) in [5.74, 6) is 0.103. The van der Waals surface area contributed by atoms with Crippen LogP contribution in [0.5, 0.6) is 0 Å². The fourth-order valence-corrected chi connectivity index (χ4v) is 1.24. The minimum Gasteiger partial charge on any atom is -0.465 e. The third-order valence-corrected chi connectivity index (χ3v) is 1.98. The van der Waals surface area contributed by atoms with Crippen molar-refractivity contribution in [2.45, 2.75) is 0 Å². The molecule has 0 aliphatic heterocycles. The lowest BCUT2D eigenvalue weighted by Crippen LogP contribution is -2.02. The molecule has 0 radical (unpaired) electrons. The van der Waals surface area contributed by atoms with Crippen LogP contribution < -0.4 is 0 Å². The minimum absolute atomic E-state index is 0.382. The first-order valence-electron chi connectivity index (χ1n) is 4.62. The van der Waals surface area contributed by atoms with Crippen LogP contribution in [0.15, 0.2) is 36.9 Å². The molecule has 0 amide bonds. The molecule has 2 aromatic heterocycles. The summed E-state index contributed by atoms with van der Waals surface area (Å²) >= 11 is 0. The normalized spacial score (nSPS) is 9.81. The van der Waals surface area contributed by atoms with Crippen molar-refractivity contribution in [3.8, 4) is 11.4 Å². The first-order valence-corrected chi connectivity index (χ1v) is 4.62. The van der Waals surface area contributed by atoms with Crippen LogP contribution in [0.25, 0.3) is 11.4 Å². The van der Waals surface area contributed by atoms with E-state index < -0.39 is 5.97 Å². The van der Waals surface area contributed by atoms with Gasteiger partial charge in [-0.2, -0.15) is 0 Å². The summed E-state index contributed by atoms with van der Waals surface area (Å²) in [5, 5.41) is 0. The Morgan fingerprint density at radius 3 is 2.69 bits per heavy atom. The van der Waals surface area contributed by atoms with Crippen molar-refractivity contribution < 1.29 is 9.53 Å². The largest absolute Gasteiger partial charge is 0.465 e. The van der Waals surface area contributed by atoms with Crippen LogP contribution in [0.4, 0.5) is 0 Å². The standard InChI is InChI=1S/C11H9N3O2/c1-16-11(15)9-5-8(6-12-7-9)10-13-3-2-4-14-10/h2-7H,1H3. The first kappa shape index (κ1) is 10.2. The topological polar surface area (TPSA) is 65.0 Å². The van der Waals surface area contributed by atoms with Gasteiger partial charge in [0.25, 0.3) is 0 Å². The monoisotopic (exact) mass is 215 g/mol. The van der Waals surface area contributed by atoms with E-state index in [0.717, 1.165) is 0 Å². The average Bonchev–Trinajstić information content (AvgIpc) is 2.39. The third-order valence-electron chi connectivity index (χ3n) is 1.98. The van der Waals surface area contributed by atoms with E-state index in [0.29, 0.717) is 17.0 Å². The van der Waals surface area contributed by atoms with E-state index in [-0.39, 0.29) is 0 Å². The van der Waals surface area contributed by atoms with Crippen molar-refractivity contribution in [2.24, 2.45) is 0 Å². The van der Waals surface area contributed by atoms with Gasteiger partial charge < -0.3 is 4.74 Å². The van der Waals surface area contributed by atoms with Crippen LogP contribution in [-0.2, 0) is 4.74 Å². The Morgan fingerprint density at radius 2 is 2.00 bits per heavy atom. The van der Waals surface area contributed by atoms with Crippen molar-refractivity contribution in [3.63, 3.8) is 0 Å². The maximum atomic E-state index is 11.3. The highest BCUT2D eigenvalue weighted by molar-refractivity contribution is 5.90. The molecule has 2 rings (SSSR count). The van der Waals surface area contributed by atoms with Crippen molar-refractivity contribution in [1.82, 2.24) is 15.0 Å². The number of rotatable bonds is 2. The number of aromatic nitrogens is 3. The maximum absolute atomic E-state index is 11.3. The third kappa shape index (κ3) is 2.03. The number of carbonyl (C=O) groups excluding carboxylic acids is 1. The molecule has 5 nitrogen and oxygen atoms in total. The molecule has 0 saturated heterocycles. The molecule has 0 aliphatic carbocycles. The summed E-state index contributed by atoms with van der Waals surface area (Å²) in [4.78, 5) is 23.4. The number of hydrogen-bond acceptors (Lipinski definition) is 5. The minimum atomic E-state index is -0.426. The van der Waals surface area contributed by atoms with Crippen LogP contribution in [0.3, 0.4) is 0 Å². The van der Waals surface area contributed by atoms with Crippen molar-refractivity contribution in [3.05, 3.63) is 42.5 Å². The van der Waals surface area contributed by atoms with Crippen molar-refractivity contribution >= 4 is 5.97 Å². The molecule has 0 saturated carbocycles. The average molecular weight is 215 g/mol. The Kier molecular flexibility index (Phi) is 2.86. The molecule has 2 aromatic rings. The Bertz CT molecular complexity index is 500. The zero-order valence-electron chi connectivity index (χ0n) is 8.62. The van der Waals surface area contributed by atoms with Gasteiger partial charge in [-0.15, -0.1) is 0 Å². The maximum Gasteiger partial charge on any atom is 0.339 e. The molecule has 5 heteroatoms. The Balaban J connectivity index is 2.40. The SMILES string of the molecule is COC(=O)c1cncc(-c2ncccn2)c1. The molecule has 0 atom stereocenters. The molecule has 0 N–H and O–H groups in total. The number of hydrogen-bond donors (Lipinski definition) is 0. The number of nitrogens with zero attached hydrogens (tertiary/aromatic N) is 3. The van der Waals surface area contributed by atoms with E-state index in [1.807, 2.05) is 0 Å². The van der Waals surface area contributed by atoms with Crippen LogP contribution in [-0.4, -0.2) is 28.0 Å². The van der Waals surface area contributed by atoms with E-state index in [1.165, 1.54) is 13.3 Å². The first-order chi connectivity index (χ1) is 7.81. The van der Waals surface area contributed by atoms with Gasteiger partial charge in [0.15, 0.2) is 5.82 Å². The molecular weight excluding hydrogens is 206 g/mol. The number of carbonyl (C=O) groups is 1. The van der Waals surface area contributed by atoms with E-state index >= 15 is 0 Å². The highest BCUT2D eigenvalue weighted by Crippen LogP contribution is 2.14. The molecule has 0 fully saturated rings. The summed E-state index contributed by atoms with van der Waals surface area (Å²) in [6.07, 6.45) is 6.31. The van der Waals surface area contributed by atoms with Gasteiger partial charge in [-0.05, 0) is 12.1 Å². The molecule has 0 aliphatic rings. The molecule has 16 heavy (non-hydrogen) atoms. The number of pyridine rings is 1. The number of esters is 1. The fraction of sp³-hybridized carbons (Fsp3) is 0.0909. The lowest BCUT2D eigenvalue weighted by atomic mass is 10.2. The zero-order chi connectivity index (χ0) is 11.4. The lowest BCUT2D eigenvalue weighted by Gasteiger charge is -2.01. The second-order valence-electron chi connectivity index (χ2n) is 3.03. The van der Waals surface area contributed by atoms with E-state index in [4.69, 9.17) is 0 Å². The van der Waals surface area contributed by atoms with Crippen molar-refractivity contribution in [2.75, 3.05) is 7.11 Å². The number of ether oxygens (including phenoxy) is 1. The van der Waals surface area contributed by atoms with E-state index in [1.54, 1.807) is 30.7 Å². The highest BCUT2D eigenvalue weighted by atomic mass is 16.5. The van der Waals surface area contributed by atoms with Gasteiger partial charge in [-0.1, -0.05) is 0 Å². The predicted octanol–water partition coefficient (Wildman–Crippen LogP) is 1.33. The number of methoxy groups -OCH3 is 1. The van der Waals surface area contributed by atoms with Crippen LogP contribution >= 0.6 is 0 Å². The van der Waals surface area contributed by atoms with Gasteiger partial charge >= 0.3 is 5.97 Å². The smallest absolute Gasteiger partial charge is 0.339 e. The van der Waals surface area contributed by atoms with Crippen LogP contribution in [0, 0.1) is 0 Å². The fourth-order valence-electron chi connectivity index (χ4n) is 1.24. The second kappa shape index (κ2) is 4.48. The van der Waals surface area contributed by atoms with Gasteiger partial charge in [0.05, 0.1) is 12.7 Å². The van der Waals surface area contributed by atoms with E-state index in [9.17, 15) is 4.79 Å². The lowest BCUT2D eigenvalue weighted by molar-refractivity contribution is 0.0600. The summed E-state index contributed by atoms with van der Waals surface area (Å²) in [7, 11) is 1.33. The zero-order valence-corrected chi connectivity index (χ0v) is 8.62. The van der Waals surface area contributed by atoms with Gasteiger partial charge in [0.2, 0.25) is 0 Å².